The fourth-order valence-electron chi connectivity index (χ4n) is 1.47. The molecule has 0 radical (unpaired) electrons. The maximum atomic E-state index is 5.68. The van der Waals surface area contributed by atoms with E-state index in [2.05, 4.69) is 31.0 Å². The number of hydrogen-bond donors (Lipinski definition) is 2. The zero-order chi connectivity index (χ0) is 12.1. The van der Waals surface area contributed by atoms with E-state index in [1.165, 1.54) is 11.1 Å². The number of guanidine groups is 1. The minimum absolute atomic E-state index is 0.0984. The molecule has 1 rings (SSSR count). The molecule has 1 aromatic rings. The van der Waals surface area contributed by atoms with Crippen LogP contribution in [0.1, 0.15) is 16.7 Å². The predicted molar refractivity (Wildman–Crippen MR) is 66.8 cm³/mol. The second kappa shape index (κ2) is 5.39. The van der Waals surface area contributed by atoms with Crippen molar-refractivity contribution in [3.63, 3.8) is 0 Å². The summed E-state index contributed by atoms with van der Waals surface area (Å²) in [5, 5.41) is 0. The molecule has 16 heavy (non-hydrogen) atoms. The van der Waals surface area contributed by atoms with Gasteiger partial charge in [-0.25, -0.2) is 0 Å². The molecule has 0 aliphatic carbocycles. The molecule has 4 N–H and O–H groups in total. The van der Waals surface area contributed by atoms with Crippen LogP contribution in [0.2, 0.25) is 0 Å². The maximum Gasteiger partial charge on any atom is 0.186 e. The zero-order valence-corrected chi connectivity index (χ0v) is 10.1. The summed E-state index contributed by atoms with van der Waals surface area (Å²) in [6, 6.07) is 4.14. The number of nitrogens with two attached hydrogens (primary N) is 2. The van der Waals surface area contributed by atoms with E-state index in [-0.39, 0.29) is 5.96 Å². The smallest absolute Gasteiger partial charge is 0.186 e. The summed E-state index contributed by atoms with van der Waals surface area (Å²) < 4.78 is 5.68. The number of aryl methyl sites for hydroxylation is 2. The second-order valence-corrected chi connectivity index (χ2v) is 3.81. The van der Waals surface area contributed by atoms with E-state index in [9.17, 15) is 0 Å². The summed E-state index contributed by atoms with van der Waals surface area (Å²) in [4.78, 5) is 3.87. The van der Waals surface area contributed by atoms with Gasteiger partial charge in [-0.3, -0.25) is 4.99 Å². The Morgan fingerprint density at radius 2 is 1.81 bits per heavy atom. The number of rotatable bonds is 4. The van der Waals surface area contributed by atoms with E-state index in [0.717, 1.165) is 11.3 Å². The van der Waals surface area contributed by atoms with Crippen LogP contribution in [-0.4, -0.2) is 19.1 Å². The van der Waals surface area contributed by atoms with Crippen LogP contribution in [0.15, 0.2) is 17.1 Å². The number of aliphatic imine (C=N–C) groups is 1. The van der Waals surface area contributed by atoms with Gasteiger partial charge in [0.15, 0.2) is 5.96 Å². The van der Waals surface area contributed by atoms with E-state index < -0.39 is 0 Å². The van der Waals surface area contributed by atoms with Crippen LogP contribution >= 0.6 is 0 Å². The largest absolute Gasteiger partial charge is 0.491 e. The van der Waals surface area contributed by atoms with Gasteiger partial charge in [-0.05, 0) is 37.5 Å². The average molecular weight is 221 g/mol. The van der Waals surface area contributed by atoms with Crippen molar-refractivity contribution in [1.82, 2.24) is 0 Å². The monoisotopic (exact) mass is 221 g/mol. The molecule has 1 aromatic carbocycles. The van der Waals surface area contributed by atoms with Gasteiger partial charge in [-0.15, -0.1) is 0 Å². The van der Waals surface area contributed by atoms with Crippen molar-refractivity contribution in [2.24, 2.45) is 16.5 Å². The Hall–Kier alpha value is -1.71. The quantitative estimate of drug-likeness (QED) is 0.457. The summed E-state index contributed by atoms with van der Waals surface area (Å²) in [6.45, 7) is 7.12. The predicted octanol–water partition coefficient (Wildman–Crippen LogP) is 1.26. The molecule has 0 fully saturated rings. The Balaban J connectivity index is 2.67. The Morgan fingerprint density at radius 1 is 1.19 bits per heavy atom. The van der Waals surface area contributed by atoms with Gasteiger partial charge in [0.2, 0.25) is 0 Å². The lowest BCUT2D eigenvalue weighted by Crippen LogP contribution is -2.23. The summed E-state index contributed by atoms with van der Waals surface area (Å²) >= 11 is 0. The first-order chi connectivity index (χ1) is 7.52. The lowest BCUT2D eigenvalue weighted by molar-refractivity contribution is 0.324. The normalized spacial score (nSPS) is 9.94. The van der Waals surface area contributed by atoms with E-state index in [1.807, 2.05) is 6.92 Å². The molecular weight excluding hydrogens is 202 g/mol. The average Bonchev–Trinajstić information content (AvgIpc) is 2.22. The summed E-state index contributed by atoms with van der Waals surface area (Å²) in [6.07, 6.45) is 0. The highest BCUT2D eigenvalue weighted by Gasteiger charge is 2.05. The highest BCUT2D eigenvalue weighted by Crippen LogP contribution is 2.25. The molecule has 0 saturated heterocycles. The van der Waals surface area contributed by atoms with Crippen molar-refractivity contribution in [2.45, 2.75) is 20.8 Å². The van der Waals surface area contributed by atoms with Gasteiger partial charge in [0.05, 0.1) is 6.54 Å². The Morgan fingerprint density at radius 3 is 2.44 bits per heavy atom. The molecule has 0 amide bonds. The standard InChI is InChI=1S/C12H19N3O/c1-8-4-5-9(2)11(10(8)3)16-7-6-15-12(13)14/h4-5H,6-7H2,1-3H3,(H4,13,14,15). The van der Waals surface area contributed by atoms with E-state index in [1.54, 1.807) is 0 Å². The molecule has 0 heterocycles. The van der Waals surface area contributed by atoms with Gasteiger partial charge in [0, 0.05) is 0 Å². The maximum absolute atomic E-state index is 5.68. The molecule has 0 saturated carbocycles. The zero-order valence-electron chi connectivity index (χ0n) is 10.1. The lowest BCUT2D eigenvalue weighted by atomic mass is 10.1. The molecule has 0 spiro atoms. The molecule has 0 unspecified atom stereocenters. The van der Waals surface area contributed by atoms with Crippen molar-refractivity contribution in [2.75, 3.05) is 13.2 Å². The molecule has 0 bridgehead atoms. The fourth-order valence-corrected chi connectivity index (χ4v) is 1.47. The molecule has 4 heteroatoms. The molecule has 0 atom stereocenters. The van der Waals surface area contributed by atoms with Gasteiger partial charge >= 0.3 is 0 Å². The fraction of sp³-hybridized carbons (Fsp3) is 0.417. The Labute approximate surface area is 96.3 Å². The van der Waals surface area contributed by atoms with Gasteiger partial charge in [0.1, 0.15) is 12.4 Å². The molecule has 0 aliphatic rings. The Bertz CT molecular complexity index is 395. The SMILES string of the molecule is Cc1ccc(C)c(OCCN=C(N)N)c1C. The van der Waals surface area contributed by atoms with Crippen molar-refractivity contribution < 1.29 is 4.74 Å². The van der Waals surface area contributed by atoms with Gasteiger partial charge < -0.3 is 16.2 Å². The highest BCUT2D eigenvalue weighted by atomic mass is 16.5. The minimum atomic E-state index is 0.0984. The molecule has 0 aliphatic heterocycles. The van der Waals surface area contributed by atoms with E-state index in [4.69, 9.17) is 16.2 Å². The van der Waals surface area contributed by atoms with Crippen LogP contribution in [0.25, 0.3) is 0 Å². The van der Waals surface area contributed by atoms with Crippen molar-refractivity contribution in [1.29, 1.82) is 0 Å². The van der Waals surface area contributed by atoms with Crippen LogP contribution in [0.3, 0.4) is 0 Å². The molecule has 88 valence electrons. The first kappa shape index (κ1) is 12.4. The van der Waals surface area contributed by atoms with Gasteiger partial charge in [-0.1, -0.05) is 12.1 Å². The number of nitrogens with zero attached hydrogens (tertiary/aromatic N) is 1. The Kier molecular flexibility index (Phi) is 4.17. The van der Waals surface area contributed by atoms with Crippen molar-refractivity contribution in [3.05, 3.63) is 28.8 Å². The van der Waals surface area contributed by atoms with E-state index in [0.29, 0.717) is 13.2 Å². The topological polar surface area (TPSA) is 73.6 Å². The van der Waals surface area contributed by atoms with Crippen LogP contribution in [0.5, 0.6) is 5.75 Å². The lowest BCUT2D eigenvalue weighted by Gasteiger charge is -2.13. The van der Waals surface area contributed by atoms with Crippen molar-refractivity contribution in [3.8, 4) is 5.75 Å². The third kappa shape index (κ3) is 3.15. The first-order valence-electron chi connectivity index (χ1n) is 5.27. The minimum Gasteiger partial charge on any atom is -0.491 e. The van der Waals surface area contributed by atoms with Gasteiger partial charge in [0.25, 0.3) is 0 Å². The van der Waals surface area contributed by atoms with Gasteiger partial charge in [-0.2, -0.15) is 0 Å². The van der Waals surface area contributed by atoms with E-state index >= 15 is 0 Å². The molecule has 4 nitrogen and oxygen atoms in total. The third-order valence-electron chi connectivity index (χ3n) is 2.51. The third-order valence-corrected chi connectivity index (χ3v) is 2.51. The molecular formula is C12H19N3O. The van der Waals surface area contributed by atoms with Crippen molar-refractivity contribution >= 4 is 5.96 Å². The summed E-state index contributed by atoms with van der Waals surface area (Å²) in [5.74, 6) is 1.03. The number of hydrogen-bond acceptors (Lipinski definition) is 2. The molecule has 0 aromatic heterocycles. The van der Waals surface area contributed by atoms with Crippen LogP contribution in [0, 0.1) is 20.8 Å². The number of benzene rings is 1. The summed E-state index contributed by atoms with van der Waals surface area (Å²) in [7, 11) is 0. The summed E-state index contributed by atoms with van der Waals surface area (Å²) in [5.41, 5.74) is 14.0. The number of ether oxygens (including phenoxy) is 1. The first-order valence-corrected chi connectivity index (χ1v) is 5.27. The highest BCUT2D eigenvalue weighted by molar-refractivity contribution is 5.75. The van der Waals surface area contributed by atoms with Crippen LogP contribution in [-0.2, 0) is 0 Å². The van der Waals surface area contributed by atoms with Crippen LogP contribution in [0.4, 0.5) is 0 Å². The van der Waals surface area contributed by atoms with Crippen LogP contribution < -0.4 is 16.2 Å². The second-order valence-electron chi connectivity index (χ2n) is 3.81.